The van der Waals surface area contributed by atoms with Crippen molar-refractivity contribution in [2.75, 3.05) is 17.2 Å². The molecule has 0 aliphatic carbocycles. The first-order valence-electron chi connectivity index (χ1n) is 8.60. The fourth-order valence-electron chi connectivity index (χ4n) is 2.66. The van der Waals surface area contributed by atoms with Gasteiger partial charge in [-0.3, -0.25) is 19.1 Å². The molecule has 0 radical (unpaired) electrons. The van der Waals surface area contributed by atoms with Gasteiger partial charge in [0.2, 0.25) is 0 Å². The summed E-state index contributed by atoms with van der Waals surface area (Å²) in [6.07, 6.45) is 2.21. The largest absolute Gasteiger partial charge is 0.383 e. The number of aromatic amines is 1. The molecule has 1 aromatic heterocycles. The van der Waals surface area contributed by atoms with Crippen molar-refractivity contribution < 1.29 is 4.79 Å². The fourth-order valence-corrected chi connectivity index (χ4v) is 2.79. The van der Waals surface area contributed by atoms with Crippen LogP contribution in [0.4, 0.5) is 11.5 Å². The van der Waals surface area contributed by atoms with E-state index in [9.17, 15) is 14.4 Å². The summed E-state index contributed by atoms with van der Waals surface area (Å²) in [5, 5.41) is 0.508. The second-order valence-electron chi connectivity index (χ2n) is 5.96. The number of nitrogens with zero attached hydrogens (tertiary/aromatic N) is 2. The van der Waals surface area contributed by atoms with Crippen LogP contribution in [0, 0.1) is 0 Å². The van der Waals surface area contributed by atoms with E-state index in [1.807, 2.05) is 13.8 Å². The summed E-state index contributed by atoms with van der Waals surface area (Å²) in [5.74, 6) is -0.371. The molecule has 0 aliphatic rings. The minimum absolute atomic E-state index is 0.00232. The van der Waals surface area contributed by atoms with Gasteiger partial charge in [-0.25, -0.2) is 4.79 Å². The summed E-state index contributed by atoms with van der Waals surface area (Å²) in [7, 11) is 0. The highest BCUT2D eigenvalue weighted by Gasteiger charge is 2.24. The van der Waals surface area contributed by atoms with Gasteiger partial charge in [0, 0.05) is 23.7 Å². The smallest absolute Gasteiger partial charge is 0.330 e. The molecule has 1 amide bonds. The molecule has 26 heavy (non-hydrogen) atoms. The maximum Gasteiger partial charge on any atom is 0.330 e. The van der Waals surface area contributed by atoms with E-state index >= 15 is 0 Å². The number of aromatic nitrogens is 2. The zero-order chi connectivity index (χ0) is 19.3. The van der Waals surface area contributed by atoms with Crippen molar-refractivity contribution >= 4 is 29.0 Å². The Morgan fingerprint density at radius 1 is 1.19 bits per heavy atom. The van der Waals surface area contributed by atoms with Crippen LogP contribution in [0.15, 0.2) is 33.9 Å². The van der Waals surface area contributed by atoms with Crippen LogP contribution in [0.5, 0.6) is 0 Å². The number of nitrogens with two attached hydrogens (primary N) is 1. The summed E-state index contributed by atoms with van der Waals surface area (Å²) >= 11 is 5.87. The summed E-state index contributed by atoms with van der Waals surface area (Å²) in [4.78, 5) is 41.1. The molecule has 0 bridgehead atoms. The van der Waals surface area contributed by atoms with Crippen LogP contribution in [-0.2, 0) is 6.54 Å². The highest BCUT2D eigenvalue weighted by molar-refractivity contribution is 6.30. The zero-order valence-corrected chi connectivity index (χ0v) is 15.7. The zero-order valence-electron chi connectivity index (χ0n) is 14.9. The molecule has 0 spiro atoms. The summed E-state index contributed by atoms with van der Waals surface area (Å²) in [6, 6.07) is 6.39. The molecule has 3 N–H and O–H groups in total. The monoisotopic (exact) mass is 378 g/mol. The molecule has 0 saturated carbocycles. The number of H-pyrrole nitrogens is 1. The van der Waals surface area contributed by atoms with Crippen LogP contribution < -0.4 is 21.9 Å². The van der Waals surface area contributed by atoms with Crippen molar-refractivity contribution in [3.05, 3.63) is 55.7 Å². The molecule has 1 aromatic carbocycles. The minimum Gasteiger partial charge on any atom is -0.383 e. The van der Waals surface area contributed by atoms with Crippen LogP contribution in [0.2, 0.25) is 5.02 Å². The van der Waals surface area contributed by atoms with Crippen LogP contribution >= 0.6 is 11.6 Å². The fraction of sp³-hybridized carbons (Fsp3) is 0.389. The lowest BCUT2D eigenvalue weighted by molar-refractivity contribution is 0.0986. The molecule has 0 saturated heterocycles. The van der Waals surface area contributed by atoms with Gasteiger partial charge < -0.3 is 10.6 Å². The van der Waals surface area contributed by atoms with Crippen LogP contribution in [0.3, 0.4) is 0 Å². The van der Waals surface area contributed by atoms with E-state index in [1.54, 1.807) is 24.3 Å². The highest BCUT2D eigenvalue weighted by Crippen LogP contribution is 2.21. The number of nitrogen functional groups attached to an aromatic ring is 1. The third kappa shape index (κ3) is 4.16. The first-order valence-corrected chi connectivity index (χ1v) is 8.98. The van der Waals surface area contributed by atoms with E-state index in [0.717, 1.165) is 12.8 Å². The number of hydrogen-bond acceptors (Lipinski definition) is 4. The minimum atomic E-state index is -0.670. The molecule has 0 unspecified atom stereocenters. The van der Waals surface area contributed by atoms with Crippen molar-refractivity contribution in [1.29, 1.82) is 0 Å². The number of halogens is 1. The first kappa shape index (κ1) is 19.8. The van der Waals surface area contributed by atoms with Gasteiger partial charge in [0.1, 0.15) is 5.82 Å². The quantitative estimate of drug-likeness (QED) is 0.773. The van der Waals surface area contributed by atoms with Crippen molar-refractivity contribution in [3.8, 4) is 0 Å². The summed E-state index contributed by atoms with van der Waals surface area (Å²) in [6.45, 7) is 4.54. The second-order valence-corrected chi connectivity index (χ2v) is 6.40. The first-order chi connectivity index (χ1) is 12.4. The topological polar surface area (TPSA) is 101 Å². The molecule has 0 fully saturated rings. The van der Waals surface area contributed by atoms with Gasteiger partial charge in [-0.05, 0) is 37.1 Å². The van der Waals surface area contributed by atoms with E-state index in [0.29, 0.717) is 30.1 Å². The third-order valence-electron chi connectivity index (χ3n) is 4.00. The molecule has 2 rings (SSSR count). The number of anilines is 2. The van der Waals surface area contributed by atoms with Crippen LogP contribution in [0.25, 0.3) is 0 Å². The van der Waals surface area contributed by atoms with Crippen LogP contribution in [0.1, 0.15) is 43.5 Å². The number of rotatable bonds is 7. The number of amides is 1. The van der Waals surface area contributed by atoms with Gasteiger partial charge in [-0.15, -0.1) is 0 Å². The molecular weight excluding hydrogens is 356 g/mol. The Balaban J connectivity index is 2.56. The Morgan fingerprint density at radius 2 is 1.85 bits per heavy atom. The lowest BCUT2D eigenvalue weighted by Crippen LogP contribution is -2.41. The third-order valence-corrected chi connectivity index (χ3v) is 4.25. The van der Waals surface area contributed by atoms with E-state index in [4.69, 9.17) is 17.3 Å². The molecule has 8 heteroatoms. The predicted octanol–water partition coefficient (Wildman–Crippen LogP) is 2.63. The number of hydrogen-bond donors (Lipinski definition) is 2. The van der Waals surface area contributed by atoms with Crippen molar-refractivity contribution in [2.45, 2.75) is 39.7 Å². The van der Waals surface area contributed by atoms with E-state index in [-0.39, 0.29) is 17.4 Å². The number of benzene rings is 1. The Labute approximate surface area is 156 Å². The number of carbonyl (C=O) groups excluding carboxylic acids is 1. The second kappa shape index (κ2) is 8.71. The van der Waals surface area contributed by atoms with Crippen molar-refractivity contribution in [2.24, 2.45) is 0 Å². The molecular formula is C18H23ClN4O3. The van der Waals surface area contributed by atoms with Gasteiger partial charge in [-0.1, -0.05) is 31.9 Å². The van der Waals surface area contributed by atoms with E-state index < -0.39 is 11.2 Å². The maximum atomic E-state index is 12.9. The van der Waals surface area contributed by atoms with Gasteiger partial charge in [-0.2, -0.15) is 0 Å². The molecule has 0 atom stereocenters. The number of nitrogens with one attached hydrogen (secondary N) is 1. The molecule has 1 heterocycles. The predicted molar refractivity (Wildman–Crippen MR) is 104 cm³/mol. The lowest BCUT2D eigenvalue weighted by Gasteiger charge is -2.24. The standard InChI is InChI=1S/C18H23ClN4O3/c1-3-5-11-23-15(20)14(16(24)21-18(23)26)22(10-4-2)17(25)12-6-8-13(19)9-7-12/h6-9H,3-5,10-11,20H2,1-2H3,(H,21,24,26). The number of unbranched alkanes of at least 4 members (excludes halogenated alkanes) is 1. The van der Waals surface area contributed by atoms with Gasteiger partial charge in [0.15, 0.2) is 5.69 Å². The Bertz CT molecular complexity index is 887. The van der Waals surface area contributed by atoms with Crippen LogP contribution in [-0.4, -0.2) is 22.0 Å². The average Bonchev–Trinajstić information content (AvgIpc) is 2.60. The van der Waals surface area contributed by atoms with Crippen molar-refractivity contribution in [1.82, 2.24) is 9.55 Å². The Kier molecular flexibility index (Phi) is 6.63. The molecule has 2 aromatic rings. The average molecular weight is 379 g/mol. The normalized spacial score (nSPS) is 10.7. The SMILES string of the molecule is CCCCn1c(N)c(N(CCC)C(=O)c2ccc(Cl)cc2)c(=O)[nH]c1=O. The van der Waals surface area contributed by atoms with Gasteiger partial charge in [0.25, 0.3) is 11.5 Å². The van der Waals surface area contributed by atoms with Crippen molar-refractivity contribution in [3.63, 3.8) is 0 Å². The maximum absolute atomic E-state index is 12.9. The molecule has 0 aliphatic heterocycles. The lowest BCUT2D eigenvalue weighted by atomic mass is 10.2. The molecule has 140 valence electrons. The highest BCUT2D eigenvalue weighted by atomic mass is 35.5. The number of carbonyl (C=O) groups is 1. The Hall–Kier alpha value is -2.54. The van der Waals surface area contributed by atoms with E-state index in [2.05, 4.69) is 4.98 Å². The summed E-state index contributed by atoms with van der Waals surface area (Å²) in [5.41, 5.74) is 5.27. The summed E-state index contributed by atoms with van der Waals surface area (Å²) < 4.78 is 1.30. The van der Waals surface area contributed by atoms with Gasteiger partial charge in [0.05, 0.1) is 0 Å². The van der Waals surface area contributed by atoms with E-state index in [1.165, 1.54) is 9.47 Å². The van der Waals surface area contributed by atoms with Gasteiger partial charge >= 0.3 is 5.69 Å². The molecule has 7 nitrogen and oxygen atoms in total. The Morgan fingerprint density at radius 3 is 2.42 bits per heavy atom.